The number of hydrogen-bond donors (Lipinski definition) is 0. The Balaban J connectivity index is 1.41. The van der Waals surface area contributed by atoms with Crippen LogP contribution in [0.15, 0.2) is 60.7 Å². The Morgan fingerprint density at radius 3 is 2.41 bits per heavy atom. The molecule has 0 bridgehead atoms. The molecule has 0 atom stereocenters. The van der Waals surface area contributed by atoms with Crippen LogP contribution >= 0.6 is 0 Å². The van der Waals surface area contributed by atoms with Gasteiger partial charge in [0, 0.05) is 12.1 Å². The highest BCUT2D eigenvalue weighted by molar-refractivity contribution is 5.94. The SMILES string of the molecule is COC(=O)c1ccc2c(c1)nc(-c1ccc(OCc3cccc(C(=O)OC(C)(C)C)c3)cc1F)n2C1CCCCC1. The Labute approximate surface area is 239 Å². The van der Waals surface area contributed by atoms with Gasteiger partial charge in [-0.05, 0) is 81.6 Å². The molecule has 3 aromatic carbocycles. The van der Waals surface area contributed by atoms with E-state index in [2.05, 4.69) is 4.57 Å². The van der Waals surface area contributed by atoms with Crippen LogP contribution in [0.1, 0.15) is 85.2 Å². The molecule has 1 aromatic heterocycles. The number of imidazole rings is 1. The maximum atomic E-state index is 15.7. The first-order chi connectivity index (χ1) is 19.6. The summed E-state index contributed by atoms with van der Waals surface area (Å²) >= 11 is 0. The smallest absolute Gasteiger partial charge is 0.338 e. The number of nitrogens with zero attached hydrogens (tertiary/aromatic N) is 2. The fraction of sp³-hybridized carbons (Fsp3) is 0.364. The van der Waals surface area contributed by atoms with Crippen molar-refractivity contribution < 1.29 is 28.2 Å². The van der Waals surface area contributed by atoms with Crippen molar-refractivity contribution >= 4 is 23.0 Å². The van der Waals surface area contributed by atoms with Gasteiger partial charge in [0.1, 0.15) is 29.6 Å². The van der Waals surface area contributed by atoms with Gasteiger partial charge in [-0.25, -0.2) is 19.0 Å². The quantitative estimate of drug-likeness (QED) is 0.217. The molecule has 0 spiro atoms. The minimum atomic E-state index is -0.593. The molecule has 0 unspecified atom stereocenters. The summed E-state index contributed by atoms with van der Waals surface area (Å²) in [5, 5.41) is 0. The van der Waals surface area contributed by atoms with E-state index in [9.17, 15) is 9.59 Å². The fourth-order valence-electron chi connectivity index (χ4n) is 5.30. The van der Waals surface area contributed by atoms with E-state index in [-0.39, 0.29) is 12.6 Å². The third-order valence-corrected chi connectivity index (χ3v) is 7.20. The summed E-state index contributed by atoms with van der Waals surface area (Å²) in [6, 6.07) is 17.3. The average Bonchev–Trinajstić information content (AvgIpc) is 3.34. The first-order valence-electron chi connectivity index (χ1n) is 14.0. The van der Waals surface area contributed by atoms with Gasteiger partial charge < -0.3 is 18.8 Å². The third kappa shape index (κ3) is 6.42. The lowest BCUT2D eigenvalue weighted by molar-refractivity contribution is 0.00691. The number of hydrogen-bond acceptors (Lipinski definition) is 6. The van der Waals surface area contributed by atoms with Crippen molar-refractivity contribution in [3.8, 4) is 17.1 Å². The van der Waals surface area contributed by atoms with Crippen LogP contribution in [0.5, 0.6) is 5.75 Å². The molecule has 41 heavy (non-hydrogen) atoms. The Morgan fingerprint density at radius 2 is 1.71 bits per heavy atom. The van der Waals surface area contributed by atoms with Crippen LogP contribution in [-0.4, -0.2) is 34.2 Å². The fourth-order valence-corrected chi connectivity index (χ4v) is 5.30. The second-order valence-electron chi connectivity index (χ2n) is 11.4. The number of carbonyl (C=O) groups is 2. The largest absolute Gasteiger partial charge is 0.489 e. The van der Waals surface area contributed by atoms with Crippen molar-refractivity contribution in [3.63, 3.8) is 0 Å². The van der Waals surface area contributed by atoms with E-state index in [4.69, 9.17) is 19.2 Å². The zero-order valence-corrected chi connectivity index (χ0v) is 23.9. The first kappa shape index (κ1) is 28.3. The molecule has 214 valence electrons. The van der Waals surface area contributed by atoms with E-state index in [1.165, 1.54) is 19.6 Å². The summed E-state index contributed by atoms with van der Waals surface area (Å²) in [6.07, 6.45) is 5.37. The number of ether oxygens (including phenoxy) is 3. The third-order valence-electron chi connectivity index (χ3n) is 7.20. The lowest BCUT2D eigenvalue weighted by Gasteiger charge is -2.25. The second kappa shape index (κ2) is 11.7. The van der Waals surface area contributed by atoms with Crippen molar-refractivity contribution in [1.29, 1.82) is 0 Å². The number of methoxy groups -OCH3 is 1. The lowest BCUT2D eigenvalue weighted by Crippen LogP contribution is -2.23. The highest BCUT2D eigenvalue weighted by Crippen LogP contribution is 2.37. The summed E-state index contributed by atoms with van der Waals surface area (Å²) < 4.78 is 34.0. The molecule has 0 amide bonds. The monoisotopic (exact) mass is 558 g/mol. The maximum Gasteiger partial charge on any atom is 0.338 e. The first-order valence-corrected chi connectivity index (χ1v) is 14.0. The van der Waals surface area contributed by atoms with Crippen LogP contribution in [0, 0.1) is 5.82 Å². The van der Waals surface area contributed by atoms with Gasteiger partial charge in [0.2, 0.25) is 0 Å². The zero-order chi connectivity index (χ0) is 29.1. The predicted octanol–water partition coefficient (Wildman–Crippen LogP) is 7.67. The molecule has 0 aliphatic heterocycles. The van der Waals surface area contributed by atoms with E-state index in [0.717, 1.165) is 36.8 Å². The van der Waals surface area contributed by atoms with Crippen LogP contribution < -0.4 is 4.74 Å². The maximum absolute atomic E-state index is 15.7. The number of benzene rings is 3. The Hall–Kier alpha value is -4.20. The molecule has 5 rings (SSSR count). The molecule has 1 aliphatic rings. The van der Waals surface area contributed by atoms with Gasteiger partial charge in [-0.15, -0.1) is 0 Å². The van der Waals surface area contributed by atoms with Crippen molar-refractivity contribution in [3.05, 3.63) is 83.2 Å². The lowest BCUT2D eigenvalue weighted by atomic mass is 9.94. The highest BCUT2D eigenvalue weighted by atomic mass is 19.1. The number of carbonyl (C=O) groups excluding carboxylic acids is 2. The molecule has 1 fully saturated rings. The van der Waals surface area contributed by atoms with Crippen molar-refractivity contribution in [2.75, 3.05) is 7.11 Å². The average molecular weight is 559 g/mol. The van der Waals surface area contributed by atoms with Crippen molar-refractivity contribution in [2.24, 2.45) is 0 Å². The summed E-state index contributed by atoms with van der Waals surface area (Å²) in [5.41, 5.74) is 2.86. The summed E-state index contributed by atoms with van der Waals surface area (Å²) in [7, 11) is 1.34. The van der Waals surface area contributed by atoms with Crippen LogP contribution in [0.25, 0.3) is 22.4 Å². The van der Waals surface area contributed by atoms with Crippen LogP contribution in [0.2, 0.25) is 0 Å². The van der Waals surface area contributed by atoms with E-state index in [1.807, 2.05) is 32.9 Å². The predicted molar refractivity (Wildman–Crippen MR) is 155 cm³/mol. The topological polar surface area (TPSA) is 79.7 Å². The molecule has 1 heterocycles. The molecular weight excluding hydrogens is 523 g/mol. The molecule has 0 saturated heterocycles. The summed E-state index contributed by atoms with van der Waals surface area (Å²) in [5.74, 6) is -0.407. The number of rotatable bonds is 7. The van der Waals surface area contributed by atoms with E-state index < -0.39 is 23.4 Å². The van der Waals surface area contributed by atoms with E-state index in [1.54, 1.807) is 42.5 Å². The normalized spacial score (nSPS) is 14.2. The molecular formula is C33H35FN2O5. The highest BCUT2D eigenvalue weighted by Gasteiger charge is 2.25. The Bertz CT molecular complexity index is 1580. The van der Waals surface area contributed by atoms with Gasteiger partial charge in [-0.2, -0.15) is 0 Å². The molecule has 4 aromatic rings. The van der Waals surface area contributed by atoms with Gasteiger partial charge in [0.25, 0.3) is 0 Å². The molecule has 0 radical (unpaired) electrons. The molecule has 8 heteroatoms. The van der Waals surface area contributed by atoms with Crippen LogP contribution in [0.3, 0.4) is 0 Å². The molecule has 1 aliphatic carbocycles. The standard InChI is InChI=1S/C33H35FN2O5/c1-33(2,3)41-32(38)22-10-8-9-21(17-22)20-40-25-14-15-26(27(34)19-25)30-35-28-18-23(31(37)39-4)13-16-29(28)36(30)24-11-6-5-7-12-24/h8-10,13-19,24H,5-7,11-12,20H2,1-4H3. The van der Waals surface area contributed by atoms with Gasteiger partial charge in [-0.1, -0.05) is 31.4 Å². The van der Waals surface area contributed by atoms with Gasteiger partial charge in [-0.3, -0.25) is 0 Å². The number of esters is 2. The molecule has 1 saturated carbocycles. The number of halogens is 1. The van der Waals surface area contributed by atoms with Gasteiger partial charge in [0.05, 0.1) is 34.8 Å². The summed E-state index contributed by atoms with van der Waals surface area (Å²) in [4.78, 5) is 29.4. The minimum Gasteiger partial charge on any atom is -0.489 e. The Kier molecular flexibility index (Phi) is 8.10. The van der Waals surface area contributed by atoms with Crippen LogP contribution in [0.4, 0.5) is 4.39 Å². The summed E-state index contributed by atoms with van der Waals surface area (Å²) in [6.45, 7) is 5.62. The number of aromatic nitrogens is 2. The minimum absolute atomic E-state index is 0.159. The van der Waals surface area contributed by atoms with Crippen molar-refractivity contribution in [2.45, 2.75) is 71.1 Å². The van der Waals surface area contributed by atoms with E-state index >= 15 is 4.39 Å². The second-order valence-corrected chi connectivity index (χ2v) is 11.4. The van der Waals surface area contributed by atoms with Gasteiger partial charge in [0.15, 0.2) is 0 Å². The molecule has 0 N–H and O–H groups in total. The van der Waals surface area contributed by atoms with Gasteiger partial charge >= 0.3 is 11.9 Å². The van der Waals surface area contributed by atoms with Crippen molar-refractivity contribution in [1.82, 2.24) is 9.55 Å². The van der Waals surface area contributed by atoms with Crippen LogP contribution in [-0.2, 0) is 16.1 Å². The molecule has 7 nitrogen and oxygen atoms in total. The Morgan fingerprint density at radius 1 is 0.951 bits per heavy atom. The number of fused-ring (bicyclic) bond motifs is 1. The zero-order valence-electron chi connectivity index (χ0n) is 23.9. The van der Waals surface area contributed by atoms with E-state index in [0.29, 0.717) is 33.8 Å².